The van der Waals surface area contributed by atoms with Crippen LogP contribution in [0.4, 0.5) is 0 Å². The third-order valence-electron chi connectivity index (χ3n) is 18.6. The molecule has 0 radical (unpaired) electrons. The molecular weight excluding hydrogens is 868 g/mol. The first-order chi connectivity index (χ1) is 30.8. The topological polar surface area (TPSA) is 312 Å². The molecule has 3 saturated heterocycles. The molecule has 4 saturated carbocycles. The average Bonchev–Trinajstić information content (AvgIpc) is 3.25. The smallest absolute Gasteiger partial charge is 0.335 e. The highest BCUT2D eigenvalue weighted by Crippen LogP contribution is 2.75. The van der Waals surface area contributed by atoms with Crippen molar-refractivity contribution in [1.29, 1.82) is 0 Å². The highest BCUT2D eigenvalue weighted by molar-refractivity contribution is 5.79. The van der Waals surface area contributed by atoms with E-state index >= 15 is 0 Å². The van der Waals surface area contributed by atoms with Gasteiger partial charge in [0, 0.05) is 5.92 Å². The summed E-state index contributed by atoms with van der Waals surface area (Å²) in [7, 11) is 0. The third kappa shape index (κ3) is 7.57. The number of carboxylic acids is 1. The van der Waals surface area contributed by atoms with E-state index in [-0.39, 0.29) is 29.6 Å². The zero-order valence-corrected chi connectivity index (χ0v) is 38.6. The van der Waals surface area contributed by atoms with Crippen LogP contribution in [-0.2, 0) is 38.0 Å². The van der Waals surface area contributed by atoms with Crippen molar-refractivity contribution in [2.24, 2.45) is 44.8 Å². The summed E-state index contributed by atoms with van der Waals surface area (Å²) in [5, 5.41) is 118. The van der Waals surface area contributed by atoms with Gasteiger partial charge in [-0.1, -0.05) is 58.4 Å². The maximum Gasteiger partial charge on any atom is 0.335 e. The minimum Gasteiger partial charge on any atom is -0.479 e. The summed E-state index contributed by atoms with van der Waals surface area (Å²) < 4.78 is 35.0. The Morgan fingerprint density at radius 1 is 0.758 bits per heavy atom. The highest BCUT2D eigenvalue weighted by atomic mass is 16.7. The van der Waals surface area contributed by atoms with Gasteiger partial charge in [-0.05, 0) is 98.2 Å². The Morgan fingerprint density at radius 3 is 2.08 bits per heavy atom. The van der Waals surface area contributed by atoms with Gasteiger partial charge in [0.15, 0.2) is 18.7 Å². The van der Waals surface area contributed by atoms with Crippen LogP contribution >= 0.6 is 0 Å². The Balaban J connectivity index is 1.04. The van der Waals surface area contributed by atoms with Gasteiger partial charge >= 0.3 is 11.9 Å². The molecule has 0 amide bonds. The van der Waals surface area contributed by atoms with Crippen LogP contribution in [0.5, 0.6) is 0 Å². The molecule has 11 N–H and O–H groups in total. The van der Waals surface area contributed by atoms with Crippen molar-refractivity contribution in [3.8, 4) is 0 Å². The van der Waals surface area contributed by atoms with Crippen molar-refractivity contribution in [1.82, 2.24) is 0 Å². The number of ether oxygens (including phenoxy) is 6. The molecule has 24 atom stereocenters. The molecule has 3 aliphatic heterocycles. The van der Waals surface area contributed by atoms with Gasteiger partial charge in [-0.2, -0.15) is 0 Å². The number of aliphatic hydroxyl groups is 10. The van der Waals surface area contributed by atoms with E-state index in [0.29, 0.717) is 44.9 Å². The van der Waals surface area contributed by atoms with Crippen molar-refractivity contribution in [3.05, 3.63) is 23.8 Å². The van der Waals surface area contributed by atoms with E-state index in [4.69, 9.17) is 28.4 Å². The zero-order valence-electron chi connectivity index (χ0n) is 38.6. The standard InChI is InChI=1S/C47H72O19/c1-19-10-13-47(42(60)66-40-32(55)30(53)28(51)24(18-48)62-40)15-14-45(6)21(22(47)16-19)8-9-26-44(5)17-23(49)37(43(3,4)25(44)11-12-46(26,45)7)65-41-34(57)35(33(56)36(64-41)38(58)59)63-39-31(54)29(52)27(50)20(2)61-39/h8,20,22-37,39-41,48-57H,1,9-18H2,2-7H3,(H,58,59). The fourth-order valence-corrected chi connectivity index (χ4v) is 14.7. The summed E-state index contributed by atoms with van der Waals surface area (Å²) >= 11 is 0. The van der Waals surface area contributed by atoms with Gasteiger partial charge in [-0.25, -0.2) is 4.79 Å². The van der Waals surface area contributed by atoms with E-state index < -0.39 is 145 Å². The predicted molar refractivity (Wildman–Crippen MR) is 226 cm³/mol. The van der Waals surface area contributed by atoms with E-state index in [1.807, 2.05) is 13.8 Å². The van der Waals surface area contributed by atoms with Gasteiger partial charge in [-0.3, -0.25) is 4.79 Å². The van der Waals surface area contributed by atoms with Crippen molar-refractivity contribution < 1.29 is 94.2 Å². The molecule has 3 heterocycles. The fourth-order valence-electron chi connectivity index (χ4n) is 14.7. The van der Waals surface area contributed by atoms with Gasteiger partial charge in [0.25, 0.3) is 0 Å². The van der Waals surface area contributed by atoms with Crippen LogP contribution in [0.1, 0.15) is 99.3 Å². The number of carbonyl (C=O) groups excluding carboxylic acids is 1. The number of aliphatic carboxylic acids is 1. The number of allylic oxidation sites excluding steroid dienone is 3. The monoisotopic (exact) mass is 940 g/mol. The number of aliphatic hydroxyl groups excluding tert-OH is 10. The number of esters is 1. The van der Waals surface area contributed by atoms with Crippen LogP contribution in [0.15, 0.2) is 23.8 Å². The second-order valence-electron chi connectivity index (χ2n) is 22.2. The number of carbonyl (C=O) groups is 2. The molecular formula is C47H72O19. The first kappa shape index (κ1) is 50.2. The zero-order chi connectivity index (χ0) is 48.4. The van der Waals surface area contributed by atoms with Crippen molar-refractivity contribution in [2.45, 2.75) is 204 Å². The lowest BCUT2D eigenvalue weighted by atomic mass is 9.33. The molecule has 0 aromatic heterocycles. The fraction of sp³-hybridized carbons (Fsp3) is 0.872. The van der Waals surface area contributed by atoms with Crippen LogP contribution < -0.4 is 0 Å². The Kier molecular flexibility index (Phi) is 13.4. The summed E-state index contributed by atoms with van der Waals surface area (Å²) in [6.07, 6.45) is -19.6. The molecule has 374 valence electrons. The predicted octanol–water partition coefficient (Wildman–Crippen LogP) is -0.239. The van der Waals surface area contributed by atoms with E-state index in [0.717, 1.165) is 17.6 Å². The van der Waals surface area contributed by atoms with E-state index in [1.165, 1.54) is 6.92 Å². The summed E-state index contributed by atoms with van der Waals surface area (Å²) in [6, 6.07) is 0. The molecule has 24 unspecified atom stereocenters. The lowest BCUT2D eigenvalue weighted by molar-refractivity contribution is -0.368. The molecule has 0 spiro atoms. The molecule has 0 bridgehead atoms. The van der Waals surface area contributed by atoms with Crippen LogP contribution in [0, 0.1) is 44.8 Å². The number of hydrogen-bond acceptors (Lipinski definition) is 18. The second kappa shape index (κ2) is 17.6. The Hall–Kier alpha value is -2.18. The summed E-state index contributed by atoms with van der Waals surface area (Å²) in [6.45, 7) is 15.9. The molecule has 19 nitrogen and oxygen atoms in total. The van der Waals surface area contributed by atoms with Gasteiger partial charge in [-0.15, -0.1) is 0 Å². The summed E-state index contributed by atoms with van der Waals surface area (Å²) in [4.78, 5) is 26.9. The Bertz CT molecular complexity index is 1890. The van der Waals surface area contributed by atoms with Crippen LogP contribution in [0.3, 0.4) is 0 Å². The molecule has 7 fully saturated rings. The maximum atomic E-state index is 14.5. The van der Waals surface area contributed by atoms with Gasteiger partial charge < -0.3 is 84.6 Å². The van der Waals surface area contributed by atoms with Crippen molar-refractivity contribution in [2.75, 3.05) is 6.61 Å². The number of fused-ring (bicyclic) bond motifs is 7. The quantitative estimate of drug-likeness (QED) is 0.0850. The molecule has 0 aromatic rings. The largest absolute Gasteiger partial charge is 0.479 e. The minimum atomic E-state index is -1.98. The molecule has 66 heavy (non-hydrogen) atoms. The lowest BCUT2D eigenvalue weighted by Gasteiger charge is -2.71. The first-order valence-corrected chi connectivity index (χ1v) is 23.6. The Morgan fingerprint density at radius 2 is 1.41 bits per heavy atom. The summed E-state index contributed by atoms with van der Waals surface area (Å²) in [5.41, 5.74) is -0.813. The summed E-state index contributed by atoms with van der Waals surface area (Å²) in [5.74, 6) is -2.45. The van der Waals surface area contributed by atoms with E-state index in [9.17, 15) is 65.8 Å². The molecule has 8 aliphatic rings. The number of carboxylic acid groups (broad SMARTS) is 1. The number of rotatable bonds is 8. The minimum absolute atomic E-state index is 0.0479. The first-order valence-electron chi connectivity index (χ1n) is 23.6. The van der Waals surface area contributed by atoms with Crippen LogP contribution in [0.2, 0.25) is 0 Å². The van der Waals surface area contributed by atoms with Gasteiger partial charge in [0.1, 0.15) is 61.0 Å². The normalized spacial score (nSPS) is 53.6. The van der Waals surface area contributed by atoms with Crippen molar-refractivity contribution in [3.63, 3.8) is 0 Å². The van der Waals surface area contributed by atoms with E-state index in [1.54, 1.807) is 0 Å². The lowest BCUT2D eigenvalue weighted by Crippen LogP contribution is -2.69. The molecule has 5 aliphatic carbocycles. The molecule has 19 heteroatoms. The third-order valence-corrected chi connectivity index (χ3v) is 18.6. The SMILES string of the molecule is C=C1CCC2(C(=O)OC3OC(CO)C(O)C(O)C3O)CCC3(C)C(=CCC4C5(C)CC(O)C(OC6OC(C(=O)O)C(O)C(OC7OC(C)C(O)C(O)C7O)C6O)C(C)(C)C5CCC43C)C2C1. The molecule has 8 rings (SSSR count). The van der Waals surface area contributed by atoms with E-state index in [2.05, 4.69) is 33.4 Å². The maximum absolute atomic E-state index is 14.5. The van der Waals surface area contributed by atoms with Gasteiger partial charge in [0.05, 0.1) is 30.3 Å². The van der Waals surface area contributed by atoms with Crippen molar-refractivity contribution >= 4 is 11.9 Å². The number of hydrogen-bond donors (Lipinski definition) is 11. The van der Waals surface area contributed by atoms with Crippen LogP contribution in [-0.4, -0.2) is 179 Å². The van der Waals surface area contributed by atoms with Crippen LogP contribution in [0.25, 0.3) is 0 Å². The highest BCUT2D eigenvalue weighted by Gasteiger charge is 2.71. The second-order valence-corrected chi connectivity index (χ2v) is 22.2. The van der Waals surface area contributed by atoms with Gasteiger partial charge in [0.2, 0.25) is 6.29 Å². The Labute approximate surface area is 384 Å². The average molecular weight is 941 g/mol. The molecule has 0 aromatic carbocycles.